The minimum absolute atomic E-state index is 0.0382. The predicted octanol–water partition coefficient (Wildman–Crippen LogP) is 8.67. The lowest BCUT2D eigenvalue weighted by atomic mass is 9.77. The lowest BCUT2D eigenvalue weighted by Gasteiger charge is -2.49. The number of hydrogen-bond acceptors (Lipinski definition) is 14. The number of carbonyl (C=O) groups is 3. The minimum atomic E-state index is -0.994. The number of amides is 2. The van der Waals surface area contributed by atoms with Crippen LogP contribution in [-0.4, -0.2) is 70.5 Å². The number of ether oxygens (including phenoxy) is 2. The molecular weight excluding hydrogens is 911 g/mol. The zero-order valence-electron chi connectivity index (χ0n) is 35.5. The highest BCUT2D eigenvalue weighted by Gasteiger charge is 2.55. The first-order valence-electron chi connectivity index (χ1n) is 20.7. The van der Waals surface area contributed by atoms with Gasteiger partial charge in [0.1, 0.15) is 47.8 Å². The first kappa shape index (κ1) is 44.5. The van der Waals surface area contributed by atoms with Crippen LogP contribution in [0.4, 0.5) is 5.13 Å². The number of nitrogens with one attached hydrogen (secondary N) is 2. The van der Waals surface area contributed by atoms with Crippen LogP contribution in [0.2, 0.25) is 0 Å². The minimum Gasteiger partial charge on any atom is -0.497 e. The van der Waals surface area contributed by atoms with Gasteiger partial charge in [0.25, 0.3) is 11.8 Å². The Bertz CT molecular complexity index is 2920. The highest BCUT2D eigenvalue weighted by Crippen LogP contribution is 2.44. The maximum atomic E-state index is 14.2. The lowest BCUT2D eigenvalue weighted by molar-refractivity contribution is -0.153. The van der Waals surface area contributed by atoms with E-state index in [-0.39, 0.29) is 29.1 Å². The molecule has 1 saturated heterocycles. The van der Waals surface area contributed by atoms with Gasteiger partial charge in [0, 0.05) is 33.0 Å². The summed E-state index contributed by atoms with van der Waals surface area (Å²) in [6.45, 7) is -0.0382. The number of nitrogens with zero attached hydrogens (tertiary/aromatic N) is 3. The third-order valence-electron chi connectivity index (χ3n) is 11.1. The van der Waals surface area contributed by atoms with Crippen molar-refractivity contribution in [3.8, 4) is 5.75 Å². The molecule has 0 bridgehead atoms. The second kappa shape index (κ2) is 19.8. The molecule has 2 aromatic heterocycles. The number of β-lactam (4-membered cyclic amide) rings is 1. The second-order valence-corrected chi connectivity index (χ2v) is 19.4. The summed E-state index contributed by atoms with van der Waals surface area (Å²) in [6.07, 6.45) is 0. The molecule has 66 heavy (non-hydrogen) atoms. The predicted molar refractivity (Wildman–Crippen MR) is 262 cm³/mol. The van der Waals surface area contributed by atoms with Crippen molar-refractivity contribution in [2.45, 2.75) is 27.8 Å². The van der Waals surface area contributed by atoms with Gasteiger partial charge in [0.15, 0.2) is 16.3 Å². The maximum Gasteiger partial charge on any atom is 0.355 e. The van der Waals surface area contributed by atoms with E-state index < -0.39 is 34.7 Å². The third-order valence-corrected chi connectivity index (χ3v) is 15.6. The van der Waals surface area contributed by atoms with Crippen LogP contribution in [0.1, 0.15) is 27.9 Å². The van der Waals surface area contributed by atoms with Gasteiger partial charge >= 0.3 is 5.97 Å². The largest absolute Gasteiger partial charge is 0.497 e. The van der Waals surface area contributed by atoms with Crippen molar-refractivity contribution in [2.75, 3.05) is 31.0 Å². The molecular formula is C50H41N5O7S4. The Kier molecular flexibility index (Phi) is 13.3. The molecule has 4 heterocycles. The number of thioether (sulfide) groups is 2. The number of thiazole rings is 1. The number of hydrogen-bond donors (Lipinski definition) is 2. The SMILES string of the molecule is CO/N=C(\C(=O)N[C@@H]1C(=O)N2C(C(=O)OCc3ccc(OC)cc3)=C(CSc3cc(=O)c4ccccc4s3)CS[C@H]12)c1csc(NC(c2ccccc2)(c2ccccc2)c2ccccc2)n1. The molecule has 9 rings (SSSR count). The molecule has 2 aliphatic rings. The summed E-state index contributed by atoms with van der Waals surface area (Å²) < 4.78 is 12.7. The quantitative estimate of drug-likeness (QED) is 0.0240. The van der Waals surface area contributed by atoms with Gasteiger partial charge in [-0.3, -0.25) is 19.3 Å². The molecule has 2 amide bonds. The Balaban J connectivity index is 0.962. The molecule has 12 nitrogen and oxygen atoms in total. The summed E-state index contributed by atoms with van der Waals surface area (Å²) in [7, 11) is 2.91. The normalized spacial score (nSPS) is 16.0. The topological polar surface area (TPSA) is 149 Å². The zero-order valence-corrected chi connectivity index (χ0v) is 38.8. The Hall–Kier alpha value is -6.72. The van der Waals surface area contributed by atoms with Gasteiger partial charge < -0.3 is 24.9 Å². The molecule has 1 fully saturated rings. The van der Waals surface area contributed by atoms with Crippen LogP contribution in [-0.2, 0) is 36.1 Å². The Morgan fingerprint density at radius 1 is 0.848 bits per heavy atom. The van der Waals surface area contributed by atoms with Crippen molar-refractivity contribution in [2.24, 2.45) is 5.16 Å². The number of carbonyl (C=O) groups excluding carboxylic acids is 3. The number of benzene rings is 5. The van der Waals surface area contributed by atoms with Crippen LogP contribution in [0, 0.1) is 0 Å². The van der Waals surface area contributed by atoms with Gasteiger partial charge in [0.2, 0.25) is 0 Å². The zero-order chi connectivity index (χ0) is 45.6. The maximum absolute atomic E-state index is 14.2. The number of esters is 1. The number of aromatic nitrogens is 1. The highest BCUT2D eigenvalue weighted by molar-refractivity contribution is 8.02. The average Bonchev–Trinajstić information content (AvgIpc) is 3.83. The second-order valence-electron chi connectivity index (χ2n) is 15.1. The average molecular weight is 952 g/mol. The Labute approximate surface area is 396 Å². The first-order valence-corrected chi connectivity index (χ1v) is 24.5. The van der Waals surface area contributed by atoms with E-state index in [2.05, 4.69) is 52.2 Å². The third kappa shape index (κ3) is 8.96. The van der Waals surface area contributed by atoms with Gasteiger partial charge in [0.05, 0.1) is 11.3 Å². The summed E-state index contributed by atoms with van der Waals surface area (Å²) in [5.41, 5.74) is 3.63. The summed E-state index contributed by atoms with van der Waals surface area (Å²) >= 11 is 5.64. The molecule has 2 N–H and O–H groups in total. The van der Waals surface area contributed by atoms with Crippen molar-refractivity contribution in [3.63, 3.8) is 0 Å². The van der Waals surface area contributed by atoms with Crippen molar-refractivity contribution in [1.29, 1.82) is 0 Å². The molecule has 0 aliphatic carbocycles. The van der Waals surface area contributed by atoms with Gasteiger partial charge in [-0.15, -0.1) is 46.2 Å². The molecule has 0 saturated carbocycles. The molecule has 2 aliphatic heterocycles. The van der Waals surface area contributed by atoms with Crippen molar-refractivity contribution >= 4 is 84.9 Å². The molecule has 7 aromatic rings. The molecule has 0 unspecified atom stereocenters. The van der Waals surface area contributed by atoms with Crippen molar-refractivity contribution in [3.05, 3.63) is 200 Å². The van der Waals surface area contributed by atoms with E-state index in [1.165, 1.54) is 58.2 Å². The summed E-state index contributed by atoms with van der Waals surface area (Å²) in [4.78, 5) is 66.8. The Morgan fingerprint density at radius 3 is 2.12 bits per heavy atom. The van der Waals surface area contributed by atoms with E-state index >= 15 is 0 Å². The molecule has 2 atom stereocenters. The van der Waals surface area contributed by atoms with Crippen LogP contribution in [0.5, 0.6) is 5.75 Å². The molecule has 332 valence electrons. The smallest absolute Gasteiger partial charge is 0.355 e. The van der Waals surface area contributed by atoms with Crippen LogP contribution >= 0.6 is 46.2 Å². The van der Waals surface area contributed by atoms with Gasteiger partial charge in [-0.2, -0.15) is 0 Å². The highest BCUT2D eigenvalue weighted by atomic mass is 32.2. The van der Waals surface area contributed by atoms with E-state index in [4.69, 9.17) is 19.3 Å². The number of methoxy groups -OCH3 is 1. The van der Waals surface area contributed by atoms with E-state index in [0.717, 1.165) is 31.2 Å². The van der Waals surface area contributed by atoms with Crippen LogP contribution in [0.15, 0.2) is 176 Å². The van der Waals surface area contributed by atoms with Gasteiger partial charge in [-0.1, -0.05) is 120 Å². The van der Waals surface area contributed by atoms with Crippen molar-refractivity contribution < 1.29 is 28.7 Å². The van der Waals surface area contributed by atoms with E-state index in [1.54, 1.807) is 48.9 Å². The van der Waals surface area contributed by atoms with E-state index in [1.807, 2.05) is 72.8 Å². The van der Waals surface area contributed by atoms with E-state index in [9.17, 15) is 19.2 Å². The lowest BCUT2D eigenvalue weighted by Crippen LogP contribution is -2.71. The number of rotatable bonds is 16. The standard InChI is InChI=1S/C50H41N5O7S4/c1-60-36-24-22-31(23-25-36)27-62-48(59)44-32(28-63-41-26-39(56)37-20-12-13-21-40(37)66-41)29-64-47-43(46(58)55(44)47)52-45(57)42(54-61-2)38-30-65-49(51-38)53-50(33-14-6-3-7-15-33,34-16-8-4-9-17-34)35-18-10-5-11-19-35/h3-26,30,43,47H,27-29H2,1-2H3,(H,51,53)(H,52,57)/b54-42-/t43-,47-/m1/s1. The number of oxime groups is 1. The van der Waals surface area contributed by atoms with Gasteiger partial charge in [-0.05, 0) is 52.1 Å². The summed E-state index contributed by atoms with van der Waals surface area (Å²) in [5.74, 6) is -0.463. The fourth-order valence-electron chi connectivity index (χ4n) is 7.92. The molecule has 5 aromatic carbocycles. The van der Waals surface area contributed by atoms with Gasteiger partial charge in [-0.25, -0.2) is 9.78 Å². The number of anilines is 1. The fraction of sp³-hybridized carbons (Fsp3) is 0.160. The molecule has 0 spiro atoms. The molecule has 16 heteroatoms. The van der Waals surface area contributed by atoms with Crippen LogP contribution < -0.4 is 20.8 Å². The fourth-order valence-corrected chi connectivity index (χ4v) is 12.4. The van der Waals surface area contributed by atoms with E-state index in [0.29, 0.717) is 33.3 Å². The van der Waals surface area contributed by atoms with Crippen molar-refractivity contribution in [1.82, 2.24) is 15.2 Å². The molecule has 0 radical (unpaired) electrons. The monoisotopic (exact) mass is 951 g/mol. The Morgan fingerprint density at radius 2 is 1.48 bits per heavy atom. The number of fused-ring (bicyclic) bond motifs is 2. The first-order chi connectivity index (χ1) is 32.3. The van der Waals surface area contributed by atoms with Crippen LogP contribution in [0.3, 0.4) is 0 Å². The summed E-state index contributed by atoms with van der Waals surface area (Å²) in [5, 5.41) is 12.9. The summed E-state index contributed by atoms with van der Waals surface area (Å²) in [6, 6.07) is 45.4. The van der Waals surface area contributed by atoms with Crippen LogP contribution in [0.25, 0.3) is 10.1 Å².